The highest BCUT2D eigenvalue weighted by Crippen LogP contribution is 2.40. The van der Waals surface area contributed by atoms with Crippen LogP contribution in [0.25, 0.3) is 0 Å². The number of nitrogens with one attached hydrogen (secondary N) is 1. The molecule has 0 amide bonds. The number of aliphatic hydroxyl groups excluding tert-OH is 1. The minimum atomic E-state index is -4.12. The normalized spacial score (nSPS) is 12.0. The third-order valence-electron chi connectivity index (χ3n) is 5.37. The van der Waals surface area contributed by atoms with Crippen molar-refractivity contribution < 1.29 is 27.7 Å². The number of rotatable bonds is 13. The number of aromatic nitrogens is 2. The smallest absolute Gasteiger partial charge is 0.263 e. The summed E-state index contributed by atoms with van der Waals surface area (Å²) in [6.45, 7) is 9.02. The lowest BCUT2D eigenvalue weighted by Crippen LogP contribution is -2.17. The van der Waals surface area contributed by atoms with Crippen molar-refractivity contribution in [2.75, 3.05) is 25.0 Å². The molecule has 0 radical (unpaired) electrons. The Morgan fingerprint density at radius 2 is 1.77 bits per heavy atom. The monoisotopic (exact) mass is 567 g/mol. The fourth-order valence-corrected chi connectivity index (χ4v) is 4.38. The summed E-state index contributed by atoms with van der Waals surface area (Å²) < 4.78 is 46.5. The number of hydrogen-bond acceptors (Lipinski definition) is 10. The number of nitrogens with zero attached hydrogens (tertiary/aromatic N) is 4. The summed E-state index contributed by atoms with van der Waals surface area (Å²) in [7, 11) is -2.64. The molecule has 0 fully saturated rings. The molecular weight excluding hydrogens is 534 g/mol. The van der Waals surface area contributed by atoms with Crippen molar-refractivity contribution in [3.63, 3.8) is 0 Å². The van der Waals surface area contributed by atoms with Gasteiger partial charge in [-0.1, -0.05) is 45.0 Å². The van der Waals surface area contributed by atoms with E-state index in [-0.39, 0.29) is 59.1 Å². The number of hydrogen-bond donors (Lipinski definition) is 2. The van der Waals surface area contributed by atoms with E-state index in [1.54, 1.807) is 42.5 Å². The summed E-state index contributed by atoms with van der Waals surface area (Å²) in [5.41, 5.74) is 0.831. The second-order valence-electron chi connectivity index (χ2n) is 9.34. The molecule has 0 saturated carbocycles. The zero-order valence-electron chi connectivity index (χ0n) is 22.9. The highest BCUT2D eigenvalue weighted by Gasteiger charge is 2.25. The van der Waals surface area contributed by atoms with Crippen molar-refractivity contribution in [2.45, 2.75) is 37.6 Å². The van der Waals surface area contributed by atoms with E-state index >= 15 is 0 Å². The Bertz CT molecular complexity index is 1470. The minimum Gasteiger partial charge on any atom is -0.493 e. The van der Waals surface area contributed by atoms with Crippen LogP contribution in [0.2, 0.25) is 0 Å². The lowest BCUT2D eigenvalue weighted by atomic mass is 9.87. The molecule has 0 atom stereocenters. The van der Waals surface area contributed by atoms with Crippen molar-refractivity contribution in [3.05, 3.63) is 72.2 Å². The maximum atomic E-state index is 13.5. The van der Waals surface area contributed by atoms with Gasteiger partial charge in [0.15, 0.2) is 23.1 Å². The molecule has 212 valence electrons. The van der Waals surface area contributed by atoms with Gasteiger partial charge in [-0.05, 0) is 48.0 Å². The number of aliphatic imine (C=N–C) groups is 2. The van der Waals surface area contributed by atoms with Gasteiger partial charge in [-0.15, -0.1) is 0 Å². The standard InChI is InChI=1S/C28H33N5O6S/c1-28(2,3)20-11-13-21(14-12-20)40(35,36)33-26-25(39-23-10-7-6-9-22(23)37-5)27(38-18-17-34)32-24(31-26)19-30-16-8-15-29-4/h6-16,34H,4,17-19H2,1-3,5H3,(H,31,32,33)/b15-8-,30-16-. The van der Waals surface area contributed by atoms with Crippen LogP contribution in [-0.2, 0) is 22.0 Å². The number of para-hydroxylation sites is 2. The average molecular weight is 568 g/mol. The first-order chi connectivity index (χ1) is 19.1. The molecule has 12 heteroatoms. The largest absolute Gasteiger partial charge is 0.493 e. The van der Waals surface area contributed by atoms with Crippen LogP contribution in [0.4, 0.5) is 5.82 Å². The summed E-state index contributed by atoms with van der Waals surface area (Å²) in [5.74, 6) is 0.406. The van der Waals surface area contributed by atoms with Crippen LogP contribution in [0.15, 0.2) is 75.7 Å². The first-order valence-electron chi connectivity index (χ1n) is 12.3. The second kappa shape index (κ2) is 13.7. The van der Waals surface area contributed by atoms with Gasteiger partial charge in [0.25, 0.3) is 15.9 Å². The maximum Gasteiger partial charge on any atom is 0.263 e. The topological polar surface area (TPSA) is 145 Å². The van der Waals surface area contributed by atoms with E-state index in [9.17, 15) is 13.5 Å². The number of aliphatic hydroxyl groups is 1. The van der Waals surface area contributed by atoms with Gasteiger partial charge in [0.05, 0.1) is 25.2 Å². The Morgan fingerprint density at radius 3 is 2.40 bits per heavy atom. The highest BCUT2D eigenvalue weighted by atomic mass is 32.2. The molecule has 0 spiro atoms. The molecule has 0 aliphatic carbocycles. The summed E-state index contributed by atoms with van der Waals surface area (Å²) in [6, 6.07) is 13.4. The van der Waals surface area contributed by atoms with Gasteiger partial charge in [-0.2, -0.15) is 4.98 Å². The number of benzene rings is 2. The minimum absolute atomic E-state index is 0.0130. The lowest BCUT2D eigenvalue weighted by molar-refractivity contribution is 0.192. The quantitative estimate of drug-likeness (QED) is 0.287. The fourth-order valence-electron chi connectivity index (χ4n) is 3.37. The number of allylic oxidation sites excluding steroid dienone is 1. The molecule has 0 aliphatic rings. The molecule has 0 saturated heterocycles. The van der Waals surface area contributed by atoms with Crippen LogP contribution < -0.4 is 18.9 Å². The molecule has 1 heterocycles. The number of anilines is 1. The summed E-state index contributed by atoms with van der Waals surface area (Å²) in [4.78, 5) is 16.6. The number of methoxy groups -OCH3 is 1. The van der Waals surface area contributed by atoms with Gasteiger partial charge in [-0.3, -0.25) is 14.7 Å². The van der Waals surface area contributed by atoms with Crippen molar-refractivity contribution in [3.8, 4) is 23.1 Å². The first kappa shape index (κ1) is 30.3. The van der Waals surface area contributed by atoms with Gasteiger partial charge >= 0.3 is 0 Å². The van der Waals surface area contributed by atoms with Crippen molar-refractivity contribution in [1.29, 1.82) is 0 Å². The van der Waals surface area contributed by atoms with Crippen LogP contribution >= 0.6 is 0 Å². The van der Waals surface area contributed by atoms with Gasteiger partial charge in [0, 0.05) is 12.4 Å². The van der Waals surface area contributed by atoms with Crippen molar-refractivity contribution in [1.82, 2.24) is 9.97 Å². The summed E-state index contributed by atoms with van der Waals surface area (Å²) in [5, 5.41) is 9.38. The molecule has 11 nitrogen and oxygen atoms in total. The first-order valence-corrected chi connectivity index (χ1v) is 13.8. The predicted octanol–water partition coefficient (Wildman–Crippen LogP) is 4.53. The molecule has 0 aliphatic heterocycles. The lowest BCUT2D eigenvalue weighted by Gasteiger charge is -2.20. The molecule has 0 bridgehead atoms. The Balaban J connectivity index is 2.11. The molecule has 3 rings (SSSR count). The maximum absolute atomic E-state index is 13.5. The van der Waals surface area contributed by atoms with Crippen molar-refractivity contribution in [2.24, 2.45) is 9.98 Å². The second-order valence-corrected chi connectivity index (χ2v) is 11.0. The highest BCUT2D eigenvalue weighted by molar-refractivity contribution is 7.92. The van der Waals surface area contributed by atoms with E-state index in [1.807, 2.05) is 20.8 Å². The van der Waals surface area contributed by atoms with Crippen LogP contribution in [0.1, 0.15) is 32.2 Å². The molecule has 1 aromatic heterocycles. The van der Waals surface area contributed by atoms with Crippen LogP contribution in [-0.4, -0.2) is 56.7 Å². The van der Waals surface area contributed by atoms with Crippen LogP contribution in [0.3, 0.4) is 0 Å². The van der Waals surface area contributed by atoms with E-state index < -0.39 is 10.0 Å². The number of sulfonamides is 1. The predicted molar refractivity (Wildman–Crippen MR) is 155 cm³/mol. The Hall–Kier alpha value is -4.29. The van der Waals surface area contributed by atoms with Gasteiger partial charge < -0.3 is 19.3 Å². The summed E-state index contributed by atoms with van der Waals surface area (Å²) in [6.07, 6.45) is 4.50. The van der Waals surface area contributed by atoms with E-state index in [4.69, 9.17) is 14.2 Å². The number of ether oxygens (including phenoxy) is 3. The van der Waals surface area contributed by atoms with Crippen molar-refractivity contribution >= 4 is 28.8 Å². The van der Waals surface area contributed by atoms with Gasteiger partial charge in [0.1, 0.15) is 6.61 Å². The Kier molecular flexibility index (Phi) is 10.3. The molecule has 3 aromatic rings. The third-order valence-corrected chi connectivity index (χ3v) is 6.72. The molecule has 2 aromatic carbocycles. The third kappa shape index (κ3) is 8.10. The van der Waals surface area contributed by atoms with Gasteiger partial charge in [0.2, 0.25) is 5.75 Å². The van der Waals surface area contributed by atoms with E-state index in [0.29, 0.717) is 5.75 Å². The Labute approximate surface area is 234 Å². The van der Waals surface area contributed by atoms with E-state index in [0.717, 1.165) is 5.56 Å². The molecule has 2 N–H and O–H groups in total. The molecule has 40 heavy (non-hydrogen) atoms. The molecular formula is C28H33N5O6S. The Morgan fingerprint density at radius 1 is 1.07 bits per heavy atom. The molecule has 0 unspecified atom stereocenters. The SMILES string of the molecule is C=N/C=C\C=N/Cc1nc(NS(=O)(=O)c2ccc(C(C)(C)C)cc2)c(Oc2ccccc2OC)c(OCCO)n1. The van der Waals surface area contributed by atoms with Crippen LogP contribution in [0.5, 0.6) is 23.1 Å². The van der Waals surface area contributed by atoms with E-state index in [2.05, 4.69) is 31.4 Å². The zero-order valence-corrected chi connectivity index (χ0v) is 23.7. The summed E-state index contributed by atoms with van der Waals surface area (Å²) >= 11 is 0. The van der Waals surface area contributed by atoms with Crippen LogP contribution in [0, 0.1) is 0 Å². The van der Waals surface area contributed by atoms with Gasteiger partial charge in [-0.25, -0.2) is 13.4 Å². The average Bonchev–Trinajstić information content (AvgIpc) is 2.93. The zero-order chi connectivity index (χ0) is 29.2. The fraction of sp³-hybridized carbons (Fsp3) is 0.286. The van der Waals surface area contributed by atoms with E-state index in [1.165, 1.54) is 31.7 Å².